The largest absolute Gasteiger partial charge is 0.493 e. The number of nitrogens with one attached hydrogen (secondary N) is 1. The van der Waals surface area contributed by atoms with E-state index in [9.17, 15) is 13.2 Å². The fourth-order valence-corrected chi connectivity index (χ4v) is 5.19. The summed E-state index contributed by atoms with van der Waals surface area (Å²) in [7, 11) is -3.43. The number of hydrogen-bond donors (Lipinski definition) is 1. The summed E-state index contributed by atoms with van der Waals surface area (Å²) in [5.41, 5.74) is 1.54. The van der Waals surface area contributed by atoms with Crippen molar-refractivity contribution in [1.82, 2.24) is 9.62 Å². The monoisotopic (exact) mass is 458 g/mol. The Labute approximate surface area is 192 Å². The molecule has 32 heavy (non-hydrogen) atoms. The van der Waals surface area contributed by atoms with Crippen molar-refractivity contribution in [2.75, 3.05) is 26.2 Å². The van der Waals surface area contributed by atoms with Gasteiger partial charge in [0, 0.05) is 25.2 Å². The second kappa shape index (κ2) is 11.5. The first-order valence-corrected chi connectivity index (χ1v) is 12.9. The number of amides is 1. The van der Waals surface area contributed by atoms with E-state index in [2.05, 4.69) is 19.2 Å². The number of nitrogens with zero attached hydrogens (tertiary/aromatic N) is 1. The molecule has 2 aromatic rings. The normalized spacial score (nSPS) is 15.3. The third-order valence-corrected chi connectivity index (χ3v) is 7.42. The number of carbonyl (C=O) groups is 1. The van der Waals surface area contributed by atoms with E-state index in [1.165, 1.54) is 0 Å². The number of rotatable bonds is 9. The average Bonchev–Trinajstić information content (AvgIpc) is 3.08. The summed E-state index contributed by atoms with van der Waals surface area (Å²) in [6.45, 7) is 6.42. The third kappa shape index (κ3) is 6.81. The van der Waals surface area contributed by atoms with Crippen molar-refractivity contribution in [3.63, 3.8) is 0 Å². The highest BCUT2D eigenvalue weighted by Crippen LogP contribution is 2.21. The Hall–Kier alpha value is -2.38. The average molecular weight is 459 g/mol. The van der Waals surface area contributed by atoms with Crippen molar-refractivity contribution in [2.45, 2.75) is 50.8 Å². The second-order valence-corrected chi connectivity index (χ2v) is 10.6. The van der Waals surface area contributed by atoms with E-state index in [0.717, 1.165) is 31.2 Å². The van der Waals surface area contributed by atoms with E-state index in [4.69, 9.17) is 4.74 Å². The molecular weight excluding hydrogens is 424 g/mol. The topological polar surface area (TPSA) is 75.7 Å². The molecule has 0 radical (unpaired) electrons. The van der Waals surface area contributed by atoms with E-state index in [1.807, 2.05) is 24.3 Å². The smallest absolute Gasteiger partial charge is 0.251 e. The van der Waals surface area contributed by atoms with Gasteiger partial charge in [-0.2, -0.15) is 4.31 Å². The highest BCUT2D eigenvalue weighted by molar-refractivity contribution is 7.89. The Bertz CT molecular complexity index is 979. The summed E-state index contributed by atoms with van der Waals surface area (Å²) in [6.07, 6.45) is 4.64. The molecule has 0 saturated carbocycles. The maximum Gasteiger partial charge on any atom is 0.251 e. The van der Waals surface area contributed by atoms with Gasteiger partial charge >= 0.3 is 0 Å². The Morgan fingerprint density at radius 3 is 2.38 bits per heavy atom. The van der Waals surface area contributed by atoms with Crippen LogP contribution < -0.4 is 10.1 Å². The zero-order valence-corrected chi connectivity index (χ0v) is 19.9. The molecule has 7 heteroatoms. The molecule has 174 valence electrons. The Morgan fingerprint density at radius 2 is 1.72 bits per heavy atom. The van der Waals surface area contributed by atoms with Gasteiger partial charge in [-0.05, 0) is 61.1 Å². The van der Waals surface area contributed by atoms with Gasteiger partial charge in [-0.3, -0.25) is 4.79 Å². The van der Waals surface area contributed by atoms with Crippen LogP contribution in [0.3, 0.4) is 0 Å². The maximum absolute atomic E-state index is 12.9. The summed E-state index contributed by atoms with van der Waals surface area (Å²) in [6, 6.07) is 14.2. The van der Waals surface area contributed by atoms with Gasteiger partial charge in [-0.1, -0.05) is 44.9 Å². The second-order valence-electron chi connectivity index (χ2n) is 8.70. The molecule has 6 nitrogen and oxygen atoms in total. The first-order valence-electron chi connectivity index (χ1n) is 11.5. The molecule has 1 saturated heterocycles. The number of hydrogen-bond acceptors (Lipinski definition) is 4. The Balaban J connectivity index is 1.52. The number of carbonyl (C=O) groups excluding carboxylic acids is 1. The lowest BCUT2D eigenvalue weighted by Gasteiger charge is -2.20. The van der Waals surface area contributed by atoms with Crippen LogP contribution in [0.5, 0.6) is 5.75 Å². The molecule has 1 amide bonds. The van der Waals surface area contributed by atoms with Gasteiger partial charge in [0.25, 0.3) is 5.91 Å². The first-order chi connectivity index (χ1) is 15.4. The van der Waals surface area contributed by atoms with Crippen LogP contribution in [-0.4, -0.2) is 44.9 Å². The summed E-state index contributed by atoms with van der Waals surface area (Å²) in [4.78, 5) is 12.8. The van der Waals surface area contributed by atoms with Gasteiger partial charge < -0.3 is 10.1 Å². The lowest BCUT2D eigenvalue weighted by atomic mass is 10.1. The molecular formula is C25H34N2O4S. The van der Waals surface area contributed by atoms with E-state index < -0.39 is 10.0 Å². The molecule has 1 aliphatic heterocycles. The van der Waals surface area contributed by atoms with Crippen molar-refractivity contribution < 1.29 is 17.9 Å². The minimum absolute atomic E-state index is 0.152. The zero-order chi connectivity index (χ0) is 23.0. The summed E-state index contributed by atoms with van der Waals surface area (Å²) < 4.78 is 33.1. The molecule has 0 bridgehead atoms. The standard InChI is InChI=1S/C25H34N2O4S/c1-20(2)19-31-23-9-7-8-22(18-23)25(28)26-15-14-21-10-12-24(13-11-21)32(29,30)27-16-5-3-4-6-17-27/h7-13,18,20H,3-6,14-17,19H2,1-2H3,(H,26,28). The van der Waals surface area contributed by atoms with Gasteiger partial charge in [0.2, 0.25) is 10.0 Å². The minimum Gasteiger partial charge on any atom is -0.493 e. The third-order valence-electron chi connectivity index (χ3n) is 5.50. The van der Waals surface area contributed by atoms with Crippen LogP contribution in [0.4, 0.5) is 0 Å². The number of benzene rings is 2. The Kier molecular flexibility index (Phi) is 8.70. The summed E-state index contributed by atoms with van der Waals surface area (Å²) in [5, 5.41) is 2.92. The van der Waals surface area contributed by atoms with Crippen molar-refractivity contribution in [1.29, 1.82) is 0 Å². The lowest BCUT2D eigenvalue weighted by Crippen LogP contribution is -2.31. The van der Waals surface area contributed by atoms with E-state index in [1.54, 1.807) is 28.6 Å². The molecule has 0 unspecified atom stereocenters. The summed E-state index contributed by atoms with van der Waals surface area (Å²) in [5.74, 6) is 0.950. The quantitative estimate of drug-likeness (QED) is 0.609. The molecule has 2 aromatic carbocycles. The van der Waals surface area contributed by atoms with Gasteiger partial charge in [-0.25, -0.2) is 8.42 Å². The minimum atomic E-state index is -3.43. The maximum atomic E-state index is 12.9. The van der Waals surface area contributed by atoms with Crippen molar-refractivity contribution in [3.05, 3.63) is 59.7 Å². The van der Waals surface area contributed by atoms with Crippen LogP contribution in [0.25, 0.3) is 0 Å². The first kappa shape index (κ1) is 24.3. The van der Waals surface area contributed by atoms with Crippen LogP contribution >= 0.6 is 0 Å². The van der Waals surface area contributed by atoms with Crippen LogP contribution in [0, 0.1) is 5.92 Å². The highest BCUT2D eigenvalue weighted by atomic mass is 32.2. The molecule has 0 atom stereocenters. The predicted molar refractivity (Wildman–Crippen MR) is 126 cm³/mol. The molecule has 1 aliphatic rings. The van der Waals surface area contributed by atoms with Crippen LogP contribution in [0.1, 0.15) is 55.5 Å². The summed E-state index contributed by atoms with van der Waals surface area (Å²) >= 11 is 0. The lowest BCUT2D eigenvalue weighted by molar-refractivity contribution is 0.0953. The van der Waals surface area contributed by atoms with Gasteiger partial charge in [-0.15, -0.1) is 0 Å². The molecule has 0 aliphatic carbocycles. The number of ether oxygens (including phenoxy) is 1. The van der Waals surface area contributed by atoms with Crippen LogP contribution in [-0.2, 0) is 16.4 Å². The molecule has 0 aromatic heterocycles. The molecule has 1 fully saturated rings. The Morgan fingerprint density at radius 1 is 1.03 bits per heavy atom. The molecule has 1 heterocycles. The molecule has 1 N–H and O–H groups in total. The van der Waals surface area contributed by atoms with Gasteiger partial charge in [0.15, 0.2) is 0 Å². The van der Waals surface area contributed by atoms with Crippen molar-refractivity contribution in [3.8, 4) is 5.75 Å². The zero-order valence-electron chi connectivity index (χ0n) is 19.0. The van der Waals surface area contributed by atoms with E-state index in [0.29, 0.717) is 54.8 Å². The van der Waals surface area contributed by atoms with Crippen LogP contribution in [0.2, 0.25) is 0 Å². The van der Waals surface area contributed by atoms with Crippen molar-refractivity contribution >= 4 is 15.9 Å². The molecule has 3 rings (SSSR count). The van der Waals surface area contributed by atoms with Gasteiger partial charge in [0.05, 0.1) is 11.5 Å². The molecule has 0 spiro atoms. The van der Waals surface area contributed by atoms with E-state index >= 15 is 0 Å². The SMILES string of the molecule is CC(C)COc1cccc(C(=O)NCCc2ccc(S(=O)(=O)N3CCCCCC3)cc2)c1. The predicted octanol–water partition coefficient (Wildman–Crippen LogP) is 4.26. The van der Waals surface area contributed by atoms with Gasteiger partial charge in [0.1, 0.15) is 5.75 Å². The van der Waals surface area contributed by atoms with Crippen LogP contribution in [0.15, 0.2) is 53.4 Å². The fourth-order valence-electron chi connectivity index (χ4n) is 3.67. The fraction of sp³-hybridized carbons (Fsp3) is 0.480. The number of sulfonamides is 1. The van der Waals surface area contributed by atoms with E-state index in [-0.39, 0.29) is 5.91 Å². The highest BCUT2D eigenvalue weighted by Gasteiger charge is 2.24. The van der Waals surface area contributed by atoms with Crippen molar-refractivity contribution in [2.24, 2.45) is 5.92 Å².